The van der Waals surface area contributed by atoms with Crippen LogP contribution in [0.2, 0.25) is 0 Å². The smallest absolute Gasteiger partial charge is 0.488 e. The van der Waals surface area contributed by atoms with E-state index in [4.69, 9.17) is 4.74 Å². The Morgan fingerprint density at radius 1 is 1.06 bits per heavy atom. The lowest BCUT2D eigenvalue weighted by Gasteiger charge is -2.14. The van der Waals surface area contributed by atoms with E-state index in [1.807, 2.05) is 19.9 Å². The number of ether oxygens (including phenoxy) is 1. The van der Waals surface area contributed by atoms with E-state index in [0.717, 1.165) is 5.56 Å². The predicted octanol–water partition coefficient (Wildman–Crippen LogP) is 1.28. The summed E-state index contributed by atoms with van der Waals surface area (Å²) in [5, 5.41) is 18.4. The molecule has 0 heterocycles. The molecule has 0 aliphatic heterocycles. The molecule has 4 heteroatoms. The average molecular weight is 222 g/mol. The summed E-state index contributed by atoms with van der Waals surface area (Å²) in [5.41, 5.74) is 1.52. The van der Waals surface area contributed by atoms with Crippen LogP contribution >= 0.6 is 0 Å². The summed E-state index contributed by atoms with van der Waals surface area (Å²) in [4.78, 5) is 0. The second-order valence-corrected chi connectivity index (χ2v) is 4.53. The van der Waals surface area contributed by atoms with Gasteiger partial charge in [0.2, 0.25) is 0 Å². The zero-order valence-corrected chi connectivity index (χ0v) is 10.3. The summed E-state index contributed by atoms with van der Waals surface area (Å²) in [7, 11) is -1.45. The predicted molar refractivity (Wildman–Crippen MR) is 66.1 cm³/mol. The van der Waals surface area contributed by atoms with Crippen LogP contribution in [0.25, 0.3) is 0 Å². The summed E-state index contributed by atoms with van der Waals surface area (Å²) in [6.45, 7) is 8.00. The molecule has 0 radical (unpaired) electrons. The lowest BCUT2D eigenvalue weighted by Crippen LogP contribution is -2.30. The van der Waals surface area contributed by atoms with Crippen molar-refractivity contribution in [3.63, 3.8) is 0 Å². The lowest BCUT2D eigenvalue weighted by molar-refractivity contribution is 0.242. The van der Waals surface area contributed by atoms with Gasteiger partial charge in [-0.25, -0.2) is 0 Å². The highest BCUT2D eigenvalue weighted by atomic mass is 16.5. The molecular formula is C12H19BO3. The van der Waals surface area contributed by atoms with E-state index < -0.39 is 7.12 Å². The molecule has 0 fully saturated rings. The van der Waals surface area contributed by atoms with Crippen LogP contribution < -0.4 is 10.2 Å². The third-order valence-corrected chi connectivity index (χ3v) is 2.29. The van der Waals surface area contributed by atoms with Gasteiger partial charge < -0.3 is 14.8 Å². The second kappa shape index (κ2) is 5.37. The first-order valence-electron chi connectivity index (χ1n) is 5.58. The molecule has 0 atom stereocenters. The molecule has 16 heavy (non-hydrogen) atoms. The number of hydrogen-bond donors (Lipinski definition) is 2. The normalized spacial score (nSPS) is 11.0. The van der Waals surface area contributed by atoms with Crippen molar-refractivity contribution in [1.82, 2.24) is 0 Å². The summed E-state index contributed by atoms with van der Waals surface area (Å²) < 4.78 is 5.57. The maximum absolute atomic E-state index is 9.19. The first-order valence-corrected chi connectivity index (χ1v) is 5.58. The maximum Gasteiger partial charge on any atom is 0.488 e. The van der Waals surface area contributed by atoms with Gasteiger partial charge in [-0.05, 0) is 42.9 Å². The molecule has 1 aromatic carbocycles. The van der Waals surface area contributed by atoms with Crippen molar-refractivity contribution in [3.8, 4) is 5.75 Å². The van der Waals surface area contributed by atoms with Crippen LogP contribution in [0, 0.1) is 0 Å². The van der Waals surface area contributed by atoms with Crippen LogP contribution in [0.3, 0.4) is 0 Å². The Bertz CT molecular complexity index is 322. The Kier molecular flexibility index (Phi) is 4.39. The van der Waals surface area contributed by atoms with E-state index >= 15 is 0 Å². The van der Waals surface area contributed by atoms with E-state index in [1.165, 1.54) is 0 Å². The van der Waals surface area contributed by atoms with Gasteiger partial charge in [0.1, 0.15) is 5.75 Å². The maximum atomic E-state index is 9.19. The van der Waals surface area contributed by atoms with Gasteiger partial charge in [-0.3, -0.25) is 0 Å². The number of rotatable bonds is 4. The average Bonchev–Trinajstić information content (AvgIpc) is 2.15. The zero-order valence-electron chi connectivity index (χ0n) is 10.3. The lowest BCUT2D eigenvalue weighted by atomic mass is 9.78. The molecule has 0 aliphatic carbocycles. The van der Waals surface area contributed by atoms with Crippen LogP contribution in [0.15, 0.2) is 18.2 Å². The van der Waals surface area contributed by atoms with Crippen molar-refractivity contribution in [3.05, 3.63) is 23.8 Å². The van der Waals surface area contributed by atoms with Gasteiger partial charge in [0.25, 0.3) is 0 Å². The summed E-state index contributed by atoms with van der Waals surface area (Å²) in [5.74, 6) is 1.01. The van der Waals surface area contributed by atoms with Crippen LogP contribution in [-0.4, -0.2) is 23.3 Å². The summed E-state index contributed by atoms with van der Waals surface area (Å²) >= 11 is 0. The molecule has 0 saturated carbocycles. The van der Waals surface area contributed by atoms with E-state index in [1.54, 1.807) is 12.1 Å². The van der Waals surface area contributed by atoms with E-state index in [0.29, 0.717) is 17.1 Å². The summed E-state index contributed by atoms with van der Waals surface area (Å²) in [6.07, 6.45) is 0.0751. The molecule has 0 spiro atoms. The Morgan fingerprint density at radius 2 is 1.69 bits per heavy atom. The minimum atomic E-state index is -1.45. The first-order chi connectivity index (χ1) is 7.40. The minimum absolute atomic E-state index is 0.0751. The molecule has 0 saturated heterocycles. The fourth-order valence-corrected chi connectivity index (χ4v) is 1.47. The molecule has 1 aromatic rings. The Morgan fingerprint density at radius 3 is 2.12 bits per heavy atom. The van der Waals surface area contributed by atoms with Gasteiger partial charge in [0.05, 0.1) is 6.10 Å². The highest BCUT2D eigenvalue weighted by molar-refractivity contribution is 6.58. The Labute approximate surface area is 97.2 Å². The molecule has 1 rings (SSSR count). The van der Waals surface area contributed by atoms with E-state index in [9.17, 15) is 10.0 Å². The van der Waals surface area contributed by atoms with Crippen molar-refractivity contribution in [2.75, 3.05) is 0 Å². The Hall–Kier alpha value is -0.995. The van der Waals surface area contributed by atoms with Gasteiger partial charge in [0.15, 0.2) is 0 Å². The molecule has 3 nitrogen and oxygen atoms in total. The largest absolute Gasteiger partial charge is 0.491 e. The monoisotopic (exact) mass is 222 g/mol. The van der Waals surface area contributed by atoms with Crippen LogP contribution in [0.4, 0.5) is 0 Å². The quantitative estimate of drug-likeness (QED) is 0.754. The molecule has 0 unspecified atom stereocenters. The number of benzene rings is 1. The molecular weight excluding hydrogens is 203 g/mol. The zero-order chi connectivity index (χ0) is 12.3. The molecule has 0 bridgehead atoms. The second-order valence-electron chi connectivity index (χ2n) is 4.53. The summed E-state index contributed by atoms with van der Waals surface area (Å²) in [6, 6.07) is 5.40. The van der Waals surface area contributed by atoms with Crippen LogP contribution in [0.1, 0.15) is 39.2 Å². The van der Waals surface area contributed by atoms with Crippen molar-refractivity contribution in [1.29, 1.82) is 0 Å². The SMILES string of the molecule is CC(C)Oc1cc(B(O)O)cc(C(C)C)c1. The molecule has 2 N–H and O–H groups in total. The fraction of sp³-hybridized carbons (Fsp3) is 0.500. The van der Waals surface area contributed by atoms with Crippen molar-refractivity contribution in [2.45, 2.75) is 39.7 Å². The highest BCUT2D eigenvalue weighted by Crippen LogP contribution is 2.20. The van der Waals surface area contributed by atoms with Gasteiger partial charge in [-0.1, -0.05) is 19.9 Å². The molecule has 0 amide bonds. The van der Waals surface area contributed by atoms with Gasteiger partial charge in [-0.15, -0.1) is 0 Å². The van der Waals surface area contributed by atoms with Gasteiger partial charge >= 0.3 is 7.12 Å². The molecule has 0 aliphatic rings. The van der Waals surface area contributed by atoms with E-state index in [2.05, 4.69) is 13.8 Å². The van der Waals surface area contributed by atoms with Gasteiger partial charge in [0, 0.05) is 0 Å². The Balaban J connectivity index is 3.08. The third-order valence-electron chi connectivity index (χ3n) is 2.29. The molecule has 88 valence electrons. The van der Waals surface area contributed by atoms with Crippen molar-refractivity contribution in [2.24, 2.45) is 0 Å². The third kappa shape index (κ3) is 3.54. The fourth-order valence-electron chi connectivity index (χ4n) is 1.47. The molecule has 0 aromatic heterocycles. The van der Waals surface area contributed by atoms with Crippen molar-refractivity contribution >= 4 is 12.6 Å². The topological polar surface area (TPSA) is 49.7 Å². The minimum Gasteiger partial charge on any atom is -0.491 e. The standard InChI is InChI=1S/C12H19BO3/c1-8(2)10-5-11(13(14)15)7-12(6-10)16-9(3)4/h5-9,14-15H,1-4H3. The van der Waals surface area contributed by atoms with Crippen LogP contribution in [0.5, 0.6) is 5.75 Å². The van der Waals surface area contributed by atoms with E-state index in [-0.39, 0.29) is 6.10 Å². The van der Waals surface area contributed by atoms with Crippen molar-refractivity contribution < 1.29 is 14.8 Å². The number of hydrogen-bond acceptors (Lipinski definition) is 3. The first kappa shape index (κ1) is 13.1. The van der Waals surface area contributed by atoms with Crippen LogP contribution in [-0.2, 0) is 0 Å². The highest BCUT2D eigenvalue weighted by Gasteiger charge is 2.15. The van der Waals surface area contributed by atoms with Gasteiger partial charge in [-0.2, -0.15) is 0 Å².